The van der Waals surface area contributed by atoms with Crippen LogP contribution < -0.4 is 5.32 Å². The number of phenolic OH excluding ortho intramolecular Hbond substituents is 1. The van der Waals surface area contributed by atoms with Gasteiger partial charge in [-0.3, -0.25) is 0 Å². The number of anilines is 1. The first-order chi connectivity index (χ1) is 8.25. The van der Waals surface area contributed by atoms with E-state index in [9.17, 15) is 5.11 Å². The normalized spacial score (nSPS) is 25.6. The van der Waals surface area contributed by atoms with Gasteiger partial charge >= 0.3 is 0 Å². The third kappa shape index (κ3) is 1.89. The Morgan fingerprint density at radius 3 is 2.82 bits per heavy atom. The maximum absolute atomic E-state index is 9.82. The molecule has 92 valence electrons. The first-order valence-electron chi connectivity index (χ1n) is 6.50. The monoisotopic (exact) mass is 232 g/mol. The molecule has 1 aromatic rings. The molecule has 3 rings (SSSR count). The van der Waals surface area contributed by atoms with Gasteiger partial charge in [-0.25, -0.2) is 0 Å². The van der Waals surface area contributed by atoms with Crippen LogP contribution in [0.15, 0.2) is 18.2 Å². The zero-order valence-corrected chi connectivity index (χ0v) is 10.3. The number of likely N-dealkylation sites (tertiary alicyclic amines) is 1. The van der Waals surface area contributed by atoms with Crippen LogP contribution in [0.5, 0.6) is 5.75 Å². The number of nitrogens with zero attached hydrogens (tertiary/aromatic N) is 1. The van der Waals surface area contributed by atoms with Crippen LogP contribution in [0.1, 0.15) is 24.3 Å². The average Bonchev–Trinajstić information content (AvgIpc) is 2.75. The van der Waals surface area contributed by atoms with Crippen molar-refractivity contribution in [3.8, 4) is 5.75 Å². The molecule has 0 radical (unpaired) electrons. The van der Waals surface area contributed by atoms with E-state index in [-0.39, 0.29) is 0 Å². The predicted octanol–water partition coefficient (Wildman–Crippen LogP) is 2.24. The SMILES string of the molecule is CN1CCC(C2CNc3c(O)cccc32)CC1. The van der Waals surface area contributed by atoms with E-state index < -0.39 is 0 Å². The molecule has 0 aromatic heterocycles. The van der Waals surface area contributed by atoms with Crippen molar-refractivity contribution in [2.45, 2.75) is 18.8 Å². The van der Waals surface area contributed by atoms with Crippen LogP contribution in [0, 0.1) is 5.92 Å². The molecule has 3 heteroatoms. The summed E-state index contributed by atoms with van der Waals surface area (Å²) >= 11 is 0. The van der Waals surface area contributed by atoms with Crippen molar-refractivity contribution in [1.29, 1.82) is 0 Å². The molecule has 2 heterocycles. The highest BCUT2D eigenvalue weighted by molar-refractivity contribution is 5.66. The van der Waals surface area contributed by atoms with Crippen LogP contribution in [0.3, 0.4) is 0 Å². The van der Waals surface area contributed by atoms with Crippen LogP contribution in [0.25, 0.3) is 0 Å². The summed E-state index contributed by atoms with van der Waals surface area (Å²) in [4.78, 5) is 2.41. The van der Waals surface area contributed by atoms with Crippen molar-refractivity contribution >= 4 is 5.69 Å². The predicted molar refractivity (Wildman–Crippen MR) is 69.6 cm³/mol. The lowest BCUT2D eigenvalue weighted by molar-refractivity contribution is 0.202. The summed E-state index contributed by atoms with van der Waals surface area (Å²) < 4.78 is 0. The Hall–Kier alpha value is -1.22. The number of rotatable bonds is 1. The smallest absolute Gasteiger partial charge is 0.138 e. The van der Waals surface area contributed by atoms with E-state index in [0.717, 1.165) is 18.2 Å². The standard InChI is InChI=1S/C14H20N2O/c1-16-7-5-10(6-8-16)12-9-15-14-11(12)3-2-4-13(14)17/h2-4,10,12,15,17H,5-9H2,1H3. The van der Waals surface area contributed by atoms with Crippen molar-refractivity contribution in [1.82, 2.24) is 4.90 Å². The van der Waals surface area contributed by atoms with E-state index in [1.54, 1.807) is 6.07 Å². The second kappa shape index (κ2) is 4.22. The van der Waals surface area contributed by atoms with Gasteiger partial charge in [-0.05, 0) is 50.5 Å². The van der Waals surface area contributed by atoms with Crippen LogP contribution >= 0.6 is 0 Å². The molecule has 1 saturated heterocycles. The first kappa shape index (κ1) is 10.9. The van der Waals surface area contributed by atoms with Crippen molar-refractivity contribution in [3.63, 3.8) is 0 Å². The molecule has 1 unspecified atom stereocenters. The zero-order valence-electron chi connectivity index (χ0n) is 10.3. The fourth-order valence-corrected chi connectivity index (χ4v) is 3.23. The highest BCUT2D eigenvalue weighted by Crippen LogP contribution is 2.43. The Morgan fingerprint density at radius 2 is 2.06 bits per heavy atom. The summed E-state index contributed by atoms with van der Waals surface area (Å²) in [6.45, 7) is 3.39. The van der Waals surface area contributed by atoms with E-state index in [2.05, 4.69) is 23.3 Å². The zero-order chi connectivity index (χ0) is 11.8. The molecule has 2 aliphatic rings. The van der Waals surface area contributed by atoms with Gasteiger partial charge in [0.05, 0.1) is 5.69 Å². The van der Waals surface area contributed by atoms with Crippen LogP contribution in [-0.4, -0.2) is 36.7 Å². The number of hydrogen-bond acceptors (Lipinski definition) is 3. The lowest BCUT2D eigenvalue weighted by atomic mass is 9.81. The van der Waals surface area contributed by atoms with E-state index in [1.165, 1.54) is 31.5 Å². The van der Waals surface area contributed by atoms with E-state index >= 15 is 0 Å². The van der Waals surface area contributed by atoms with Crippen molar-refractivity contribution in [2.75, 3.05) is 32.0 Å². The average molecular weight is 232 g/mol. The summed E-state index contributed by atoms with van der Waals surface area (Å²) in [5.41, 5.74) is 2.29. The molecule has 1 atom stereocenters. The maximum atomic E-state index is 9.82. The highest BCUT2D eigenvalue weighted by Gasteiger charge is 2.32. The van der Waals surface area contributed by atoms with Gasteiger partial charge in [0.15, 0.2) is 0 Å². The van der Waals surface area contributed by atoms with Gasteiger partial charge < -0.3 is 15.3 Å². The number of benzene rings is 1. The van der Waals surface area contributed by atoms with Gasteiger partial charge in [0.1, 0.15) is 5.75 Å². The summed E-state index contributed by atoms with van der Waals surface area (Å²) in [6, 6.07) is 5.89. The fourth-order valence-electron chi connectivity index (χ4n) is 3.23. The van der Waals surface area contributed by atoms with E-state index in [1.807, 2.05) is 6.07 Å². The van der Waals surface area contributed by atoms with Crippen LogP contribution in [0.2, 0.25) is 0 Å². The van der Waals surface area contributed by atoms with Gasteiger partial charge in [0.25, 0.3) is 0 Å². The Kier molecular flexibility index (Phi) is 2.71. The van der Waals surface area contributed by atoms with Crippen molar-refractivity contribution < 1.29 is 5.11 Å². The molecule has 1 aromatic carbocycles. The van der Waals surface area contributed by atoms with Crippen LogP contribution in [-0.2, 0) is 0 Å². The Labute approximate surface area is 102 Å². The summed E-state index contributed by atoms with van der Waals surface area (Å²) in [5.74, 6) is 1.76. The number of para-hydroxylation sites is 1. The number of hydrogen-bond donors (Lipinski definition) is 2. The highest BCUT2D eigenvalue weighted by atomic mass is 16.3. The van der Waals surface area contributed by atoms with E-state index in [4.69, 9.17) is 0 Å². The van der Waals surface area contributed by atoms with Crippen molar-refractivity contribution in [3.05, 3.63) is 23.8 Å². The molecule has 2 N–H and O–H groups in total. The first-order valence-corrected chi connectivity index (χ1v) is 6.50. The summed E-state index contributed by atoms with van der Waals surface area (Å²) in [6.07, 6.45) is 2.55. The molecule has 0 bridgehead atoms. The van der Waals surface area contributed by atoms with Crippen molar-refractivity contribution in [2.24, 2.45) is 5.92 Å². The topological polar surface area (TPSA) is 35.5 Å². The van der Waals surface area contributed by atoms with Gasteiger partial charge in [-0.1, -0.05) is 12.1 Å². The Morgan fingerprint density at radius 1 is 1.29 bits per heavy atom. The summed E-state index contributed by atoms with van der Waals surface area (Å²) in [5, 5.41) is 13.2. The minimum atomic E-state index is 0.401. The largest absolute Gasteiger partial charge is 0.506 e. The molecule has 1 fully saturated rings. The van der Waals surface area contributed by atoms with Gasteiger partial charge in [0.2, 0.25) is 0 Å². The number of nitrogens with one attached hydrogen (secondary N) is 1. The number of aromatic hydroxyl groups is 1. The molecule has 0 spiro atoms. The molecular weight excluding hydrogens is 212 g/mol. The molecule has 0 saturated carbocycles. The second-order valence-corrected chi connectivity index (χ2v) is 5.37. The van der Waals surface area contributed by atoms with Gasteiger partial charge in [-0.15, -0.1) is 0 Å². The minimum absolute atomic E-state index is 0.401. The third-order valence-electron chi connectivity index (χ3n) is 4.31. The molecule has 0 amide bonds. The second-order valence-electron chi connectivity index (χ2n) is 5.37. The molecule has 0 aliphatic carbocycles. The summed E-state index contributed by atoms with van der Waals surface area (Å²) in [7, 11) is 2.20. The van der Waals surface area contributed by atoms with E-state index in [0.29, 0.717) is 11.7 Å². The lowest BCUT2D eigenvalue weighted by Crippen LogP contribution is -2.33. The lowest BCUT2D eigenvalue weighted by Gasteiger charge is -2.32. The molecule has 17 heavy (non-hydrogen) atoms. The Balaban J connectivity index is 1.82. The maximum Gasteiger partial charge on any atom is 0.138 e. The van der Waals surface area contributed by atoms with Gasteiger partial charge in [-0.2, -0.15) is 0 Å². The fraction of sp³-hybridized carbons (Fsp3) is 0.571. The number of phenols is 1. The van der Waals surface area contributed by atoms with Gasteiger partial charge in [0, 0.05) is 12.5 Å². The number of piperidine rings is 1. The van der Waals surface area contributed by atoms with Crippen LogP contribution in [0.4, 0.5) is 5.69 Å². The minimum Gasteiger partial charge on any atom is -0.506 e. The third-order valence-corrected chi connectivity index (χ3v) is 4.31. The molecule has 2 aliphatic heterocycles. The molecular formula is C14H20N2O. The Bertz CT molecular complexity index is 411. The quantitative estimate of drug-likeness (QED) is 0.729. The molecule has 3 nitrogen and oxygen atoms in total. The number of fused-ring (bicyclic) bond motifs is 1.